The van der Waals surface area contributed by atoms with Crippen LogP contribution in [0.4, 0.5) is 0 Å². The molecule has 2 aromatic rings. The second kappa shape index (κ2) is 4.63. The van der Waals surface area contributed by atoms with Gasteiger partial charge in [0, 0.05) is 23.3 Å². The lowest BCUT2D eigenvalue weighted by molar-refractivity contribution is 0.0649. The molecule has 0 spiro atoms. The maximum Gasteiger partial charge on any atom is 0.192 e. The Morgan fingerprint density at radius 1 is 1.29 bits per heavy atom. The third-order valence-electron chi connectivity index (χ3n) is 2.85. The van der Waals surface area contributed by atoms with Crippen LogP contribution in [0.1, 0.15) is 24.2 Å². The number of carbonyl (C=O) groups excluding carboxylic acids is 1. The first-order valence-corrected chi connectivity index (χ1v) is 5.66. The lowest BCUT2D eigenvalue weighted by Gasteiger charge is -2.14. The zero-order chi connectivity index (χ0) is 12.4. The van der Waals surface area contributed by atoms with Crippen LogP contribution in [0.3, 0.4) is 0 Å². The molecule has 0 amide bonds. The summed E-state index contributed by atoms with van der Waals surface area (Å²) < 4.78 is 0. The highest BCUT2D eigenvalue weighted by Gasteiger charge is 2.21. The summed E-state index contributed by atoms with van der Waals surface area (Å²) in [4.78, 5) is 16.1. The molecule has 1 aromatic heterocycles. The molecule has 0 saturated heterocycles. The minimum absolute atomic E-state index is 0.0837. The van der Waals surface area contributed by atoms with Gasteiger partial charge in [0.1, 0.15) is 6.10 Å². The van der Waals surface area contributed by atoms with E-state index in [2.05, 4.69) is 4.98 Å². The lowest BCUT2D eigenvalue weighted by atomic mass is 9.95. The number of pyridine rings is 1. The third kappa shape index (κ3) is 2.19. The van der Waals surface area contributed by atoms with Crippen LogP contribution in [-0.4, -0.2) is 22.0 Å². The van der Waals surface area contributed by atoms with E-state index < -0.39 is 6.10 Å². The van der Waals surface area contributed by atoms with Crippen LogP contribution in [-0.2, 0) is 0 Å². The van der Waals surface area contributed by atoms with Crippen LogP contribution in [0.25, 0.3) is 10.8 Å². The second-order valence-corrected chi connectivity index (χ2v) is 4.46. The van der Waals surface area contributed by atoms with Gasteiger partial charge >= 0.3 is 0 Å². The molecule has 3 nitrogen and oxygen atoms in total. The van der Waals surface area contributed by atoms with Gasteiger partial charge in [0.25, 0.3) is 0 Å². The van der Waals surface area contributed by atoms with E-state index >= 15 is 0 Å². The van der Waals surface area contributed by atoms with Crippen molar-refractivity contribution in [2.75, 3.05) is 0 Å². The molecule has 1 heterocycles. The first kappa shape index (κ1) is 11.7. The standard InChI is InChI=1S/C14H15NO2/c1-9(2)13(16)14(17)12-5-3-4-10-8-15-7-6-11(10)12/h3-9,13,16H,1-2H3. The fraction of sp³-hybridized carbons (Fsp3) is 0.286. The van der Waals surface area contributed by atoms with Gasteiger partial charge in [-0.2, -0.15) is 0 Å². The molecule has 1 unspecified atom stereocenters. The zero-order valence-electron chi connectivity index (χ0n) is 9.92. The third-order valence-corrected chi connectivity index (χ3v) is 2.85. The quantitative estimate of drug-likeness (QED) is 0.822. The number of aromatic nitrogens is 1. The summed E-state index contributed by atoms with van der Waals surface area (Å²) in [6.45, 7) is 3.66. The molecule has 3 heteroatoms. The predicted octanol–water partition coefficient (Wildman–Crippen LogP) is 2.43. The minimum atomic E-state index is -0.950. The maximum atomic E-state index is 12.1. The normalized spacial score (nSPS) is 12.9. The van der Waals surface area contributed by atoms with E-state index in [4.69, 9.17) is 0 Å². The largest absolute Gasteiger partial charge is 0.385 e. The van der Waals surface area contributed by atoms with Gasteiger partial charge in [0.05, 0.1) is 0 Å². The van der Waals surface area contributed by atoms with Crippen molar-refractivity contribution in [2.45, 2.75) is 20.0 Å². The summed E-state index contributed by atoms with van der Waals surface area (Å²) in [6.07, 6.45) is 2.42. The SMILES string of the molecule is CC(C)C(O)C(=O)c1cccc2cnccc12. The first-order valence-electron chi connectivity index (χ1n) is 5.66. The van der Waals surface area contributed by atoms with E-state index in [-0.39, 0.29) is 11.7 Å². The van der Waals surface area contributed by atoms with Crippen molar-refractivity contribution in [3.8, 4) is 0 Å². The molecule has 0 radical (unpaired) electrons. The van der Waals surface area contributed by atoms with Gasteiger partial charge in [-0.3, -0.25) is 9.78 Å². The van der Waals surface area contributed by atoms with Crippen molar-refractivity contribution in [1.82, 2.24) is 4.98 Å². The molecule has 0 saturated carbocycles. The topological polar surface area (TPSA) is 50.2 Å². The molecule has 17 heavy (non-hydrogen) atoms. The van der Waals surface area contributed by atoms with Gasteiger partial charge in [-0.05, 0) is 17.4 Å². The average molecular weight is 229 g/mol. The molecule has 2 rings (SSSR count). The first-order chi connectivity index (χ1) is 8.11. The highest BCUT2D eigenvalue weighted by atomic mass is 16.3. The molecule has 0 bridgehead atoms. The van der Waals surface area contributed by atoms with Crippen molar-refractivity contribution < 1.29 is 9.90 Å². The lowest BCUT2D eigenvalue weighted by Crippen LogP contribution is -2.26. The van der Waals surface area contributed by atoms with Gasteiger partial charge in [0.2, 0.25) is 0 Å². The molecule has 0 fully saturated rings. The number of rotatable bonds is 3. The van der Waals surface area contributed by atoms with Gasteiger partial charge < -0.3 is 5.11 Å². The van der Waals surface area contributed by atoms with Crippen LogP contribution in [0, 0.1) is 5.92 Å². The Balaban J connectivity index is 2.52. The molecular weight excluding hydrogens is 214 g/mol. The average Bonchev–Trinajstić information content (AvgIpc) is 2.36. The van der Waals surface area contributed by atoms with Crippen molar-refractivity contribution in [2.24, 2.45) is 5.92 Å². The number of nitrogens with zero attached hydrogens (tertiary/aromatic N) is 1. The van der Waals surface area contributed by atoms with Crippen LogP contribution < -0.4 is 0 Å². The van der Waals surface area contributed by atoms with E-state index in [9.17, 15) is 9.90 Å². The summed E-state index contributed by atoms with van der Waals surface area (Å²) in [5, 5.41) is 11.6. The number of carbonyl (C=O) groups is 1. The highest BCUT2D eigenvalue weighted by Crippen LogP contribution is 2.20. The van der Waals surface area contributed by atoms with E-state index in [1.165, 1.54) is 0 Å². The summed E-state index contributed by atoms with van der Waals surface area (Å²) in [6, 6.07) is 7.26. The summed E-state index contributed by atoms with van der Waals surface area (Å²) in [7, 11) is 0. The number of Topliss-reactive ketones (excluding diaryl/α,β-unsaturated/α-hetero) is 1. The molecule has 1 aromatic carbocycles. The minimum Gasteiger partial charge on any atom is -0.385 e. The number of aliphatic hydroxyl groups excluding tert-OH is 1. The smallest absolute Gasteiger partial charge is 0.192 e. The molecule has 1 atom stereocenters. The second-order valence-electron chi connectivity index (χ2n) is 4.46. The number of hydrogen-bond donors (Lipinski definition) is 1. The van der Waals surface area contributed by atoms with Crippen LogP contribution in [0.5, 0.6) is 0 Å². The van der Waals surface area contributed by atoms with Crippen molar-refractivity contribution in [3.63, 3.8) is 0 Å². The monoisotopic (exact) mass is 229 g/mol. The molecule has 0 aliphatic carbocycles. The molecular formula is C14H15NO2. The van der Waals surface area contributed by atoms with E-state index in [1.807, 2.05) is 26.0 Å². The Morgan fingerprint density at radius 3 is 2.76 bits per heavy atom. The number of fused-ring (bicyclic) bond motifs is 1. The van der Waals surface area contributed by atoms with E-state index in [0.29, 0.717) is 5.56 Å². The molecule has 88 valence electrons. The zero-order valence-corrected chi connectivity index (χ0v) is 9.92. The summed E-state index contributed by atoms with van der Waals surface area (Å²) in [5.41, 5.74) is 0.561. The predicted molar refractivity (Wildman–Crippen MR) is 66.9 cm³/mol. The number of ketones is 1. The number of benzene rings is 1. The molecule has 1 N–H and O–H groups in total. The van der Waals surface area contributed by atoms with Gasteiger partial charge in [0.15, 0.2) is 5.78 Å². The Labute approximate surface area is 100 Å². The van der Waals surface area contributed by atoms with Crippen LogP contribution >= 0.6 is 0 Å². The van der Waals surface area contributed by atoms with Crippen molar-refractivity contribution >= 4 is 16.6 Å². The number of hydrogen-bond acceptors (Lipinski definition) is 3. The van der Waals surface area contributed by atoms with Gasteiger partial charge in [-0.15, -0.1) is 0 Å². The summed E-state index contributed by atoms with van der Waals surface area (Å²) in [5.74, 6) is -0.309. The van der Waals surface area contributed by atoms with E-state index in [0.717, 1.165) is 10.8 Å². The molecule has 0 aliphatic heterocycles. The van der Waals surface area contributed by atoms with Crippen molar-refractivity contribution in [3.05, 3.63) is 42.2 Å². The Bertz CT molecular complexity index is 543. The summed E-state index contributed by atoms with van der Waals surface area (Å²) >= 11 is 0. The van der Waals surface area contributed by atoms with Gasteiger partial charge in [-0.25, -0.2) is 0 Å². The van der Waals surface area contributed by atoms with Gasteiger partial charge in [-0.1, -0.05) is 32.0 Å². The Morgan fingerprint density at radius 2 is 2.06 bits per heavy atom. The maximum absolute atomic E-state index is 12.1. The molecule has 0 aliphatic rings. The Kier molecular flexibility index (Phi) is 3.20. The van der Waals surface area contributed by atoms with Crippen LogP contribution in [0.15, 0.2) is 36.7 Å². The Hall–Kier alpha value is -1.74. The fourth-order valence-corrected chi connectivity index (χ4v) is 1.80. The highest BCUT2D eigenvalue weighted by molar-refractivity contribution is 6.09. The fourth-order valence-electron chi connectivity index (χ4n) is 1.80. The van der Waals surface area contributed by atoms with Crippen molar-refractivity contribution in [1.29, 1.82) is 0 Å². The van der Waals surface area contributed by atoms with E-state index in [1.54, 1.807) is 24.5 Å². The number of aliphatic hydroxyl groups is 1. The van der Waals surface area contributed by atoms with Crippen LogP contribution in [0.2, 0.25) is 0 Å².